The van der Waals surface area contributed by atoms with Crippen LogP contribution in [-0.4, -0.2) is 6.11 Å². The van der Waals surface area contributed by atoms with Crippen LogP contribution in [0.4, 0.5) is 30.7 Å². The SMILES string of the molecule is CCCCCC1CCC(c2ccc(C3CCC(C(F)(F)Oc4ccc(-c5ccc(C(F)(F)F)cc5)c(F)c4)CC3)c(F)c2)CC1. The van der Waals surface area contributed by atoms with Gasteiger partial charge >= 0.3 is 12.3 Å². The van der Waals surface area contributed by atoms with Gasteiger partial charge in [0.25, 0.3) is 0 Å². The van der Waals surface area contributed by atoms with E-state index in [1.165, 1.54) is 50.7 Å². The van der Waals surface area contributed by atoms with Gasteiger partial charge in [0, 0.05) is 11.6 Å². The lowest BCUT2D eigenvalue weighted by molar-refractivity contribution is -0.222. The number of ether oxygens (including phenoxy) is 1. The molecule has 0 radical (unpaired) electrons. The molecule has 0 aliphatic heterocycles. The molecule has 0 amide bonds. The van der Waals surface area contributed by atoms with E-state index >= 15 is 13.2 Å². The molecule has 0 bridgehead atoms. The number of rotatable bonds is 10. The fourth-order valence-corrected chi connectivity index (χ4v) is 7.21. The van der Waals surface area contributed by atoms with Crippen LogP contribution < -0.4 is 4.74 Å². The van der Waals surface area contributed by atoms with E-state index < -0.39 is 29.6 Å². The largest absolute Gasteiger partial charge is 0.432 e. The summed E-state index contributed by atoms with van der Waals surface area (Å²) in [6.45, 7) is 2.22. The van der Waals surface area contributed by atoms with Crippen LogP contribution in [0.3, 0.4) is 0 Å². The van der Waals surface area contributed by atoms with Crippen molar-refractivity contribution >= 4 is 0 Å². The molecule has 1 nitrogen and oxygen atoms in total. The smallest absolute Gasteiger partial charge is 0.416 e. The summed E-state index contributed by atoms with van der Waals surface area (Å²) in [5.74, 6) is -1.62. The molecule has 2 aliphatic rings. The Morgan fingerprint density at radius 3 is 1.96 bits per heavy atom. The summed E-state index contributed by atoms with van der Waals surface area (Å²) in [6, 6.07) is 12.7. The summed E-state index contributed by atoms with van der Waals surface area (Å²) in [4.78, 5) is 0. The highest BCUT2D eigenvalue weighted by Gasteiger charge is 2.44. The number of halogens is 7. The van der Waals surface area contributed by atoms with Crippen molar-refractivity contribution < 1.29 is 35.5 Å². The zero-order chi connectivity index (χ0) is 32.2. The average molecular weight is 635 g/mol. The molecule has 3 aromatic carbocycles. The van der Waals surface area contributed by atoms with E-state index in [1.807, 2.05) is 12.1 Å². The molecule has 244 valence electrons. The Kier molecular flexibility index (Phi) is 10.5. The van der Waals surface area contributed by atoms with E-state index in [0.29, 0.717) is 24.3 Å². The van der Waals surface area contributed by atoms with Crippen molar-refractivity contribution in [3.63, 3.8) is 0 Å². The maximum absolute atomic E-state index is 15.3. The fraction of sp³-hybridized carbons (Fsp3) is 0.514. The molecular formula is C37H41F7O. The summed E-state index contributed by atoms with van der Waals surface area (Å²) < 4.78 is 104. The first-order valence-electron chi connectivity index (χ1n) is 16.3. The number of benzene rings is 3. The molecular weight excluding hydrogens is 593 g/mol. The Morgan fingerprint density at radius 1 is 0.689 bits per heavy atom. The summed E-state index contributed by atoms with van der Waals surface area (Å²) in [5, 5.41) is 0. The monoisotopic (exact) mass is 634 g/mol. The first-order chi connectivity index (χ1) is 21.4. The predicted octanol–water partition coefficient (Wildman–Crippen LogP) is 12.5. The van der Waals surface area contributed by atoms with Gasteiger partial charge in [0.05, 0.1) is 11.5 Å². The Balaban J connectivity index is 1.14. The van der Waals surface area contributed by atoms with Crippen molar-refractivity contribution in [2.45, 2.75) is 108 Å². The third kappa shape index (κ3) is 8.23. The fourth-order valence-electron chi connectivity index (χ4n) is 7.21. The highest BCUT2D eigenvalue weighted by Crippen LogP contribution is 2.45. The van der Waals surface area contributed by atoms with Crippen LogP contribution in [-0.2, 0) is 6.18 Å². The van der Waals surface area contributed by atoms with Gasteiger partial charge in [0.1, 0.15) is 17.4 Å². The van der Waals surface area contributed by atoms with Gasteiger partial charge in [0.2, 0.25) is 0 Å². The highest BCUT2D eigenvalue weighted by molar-refractivity contribution is 5.65. The van der Waals surface area contributed by atoms with Crippen molar-refractivity contribution in [2.24, 2.45) is 11.8 Å². The van der Waals surface area contributed by atoms with Crippen LogP contribution in [0.5, 0.6) is 5.75 Å². The lowest BCUT2D eigenvalue weighted by Gasteiger charge is -2.34. The first kappa shape index (κ1) is 33.3. The zero-order valence-corrected chi connectivity index (χ0v) is 25.6. The topological polar surface area (TPSA) is 9.23 Å². The maximum Gasteiger partial charge on any atom is 0.416 e. The van der Waals surface area contributed by atoms with Crippen molar-refractivity contribution in [1.29, 1.82) is 0 Å². The van der Waals surface area contributed by atoms with E-state index in [0.717, 1.165) is 54.7 Å². The third-order valence-corrected chi connectivity index (χ3v) is 9.92. The molecule has 0 atom stereocenters. The molecule has 0 spiro atoms. The van der Waals surface area contributed by atoms with Gasteiger partial charge in [-0.1, -0.05) is 56.9 Å². The lowest BCUT2D eigenvalue weighted by Crippen LogP contribution is -2.37. The van der Waals surface area contributed by atoms with Gasteiger partial charge in [0.15, 0.2) is 0 Å². The van der Waals surface area contributed by atoms with Gasteiger partial charge in [-0.05, 0) is 116 Å². The minimum Gasteiger partial charge on any atom is -0.432 e. The standard InChI is InChI=1S/C37H41F7O/c1-2-3-4-5-24-6-8-25(9-7-24)28-14-20-32(34(38)22-28)27-12-17-30(18-13-27)37(43,44)45-31-19-21-33(35(39)23-31)26-10-15-29(16-11-26)36(40,41)42/h10-11,14-16,19-25,27,30H,2-9,12-13,17-18H2,1H3. The Hall–Kier alpha value is -3.03. The van der Waals surface area contributed by atoms with Gasteiger partial charge in [-0.3, -0.25) is 0 Å². The molecule has 0 heterocycles. The number of hydrogen-bond acceptors (Lipinski definition) is 1. The summed E-state index contributed by atoms with van der Waals surface area (Å²) in [7, 11) is 0. The van der Waals surface area contributed by atoms with Crippen LogP contribution in [0.2, 0.25) is 0 Å². The minimum absolute atomic E-state index is 0.0250. The normalized spacial score (nSPS) is 22.8. The predicted molar refractivity (Wildman–Crippen MR) is 162 cm³/mol. The molecule has 0 unspecified atom stereocenters. The Morgan fingerprint density at radius 2 is 1.36 bits per heavy atom. The van der Waals surface area contributed by atoms with Gasteiger partial charge in [-0.25, -0.2) is 8.78 Å². The minimum atomic E-state index is -4.52. The molecule has 8 heteroatoms. The van der Waals surface area contributed by atoms with E-state index in [9.17, 15) is 17.6 Å². The van der Waals surface area contributed by atoms with Crippen molar-refractivity contribution in [2.75, 3.05) is 0 Å². The molecule has 0 aromatic heterocycles. The second-order valence-electron chi connectivity index (χ2n) is 12.9. The maximum atomic E-state index is 15.3. The van der Waals surface area contributed by atoms with E-state index in [-0.39, 0.29) is 41.5 Å². The van der Waals surface area contributed by atoms with Gasteiger partial charge in [-0.15, -0.1) is 0 Å². The van der Waals surface area contributed by atoms with Crippen molar-refractivity contribution in [3.8, 4) is 16.9 Å². The van der Waals surface area contributed by atoms with Gasteiger partial charge in [-0.2, -0.15) is 22.0 Å². The lowest BCUT2D eigenvalue weighted by atomic mass is 9.75. The number of alkyl halides is 5. The van der Waals surface area contributed by atoms with Crippen LogP contribution in [0.1, 0.15) is 112 Å². The quantitative estimate of drug-likeness (QED) is 0.159. The molecule has 3 aromatic rings. The summed E-state index contributed by atoms with van der Waals surface area (Å²) >= 11 is 0. The van der Waals surface area contributed by atoms with Crippen LogP contribution in [0.15, 0.2) is 60.7 Å². The molecule has 2 fully saturated rings. The Bertz CT molecular complexity index is 1400. The second-order valence-corrected chi connectivity index (χ2v) is 12.9. The number of unbranched alkanes of at least 4 members (excludes halogenated alkanes) is 2. The molecule has 2 saturated carbocycles. The third-order valence-electron chi connectivity index (χ3n) is 9.92. The summed E-state index contributed by atoms with van der Waals surface area (Å²) in [6.07, 6.45) is 2.59. The van der Waals surface area contributed by atoms with Gasteiger partial charge < -0.3 is 4.74 Å². The summed E-state index contributed by atoms with van der Waals surface area (Å²) in [5.41, 5.74) is 0.904. The van der Waals surface area contributed by atoms with Crippen LogP contribution >= 0.6 is 0 Å². The molecule has 0 N–H and O–H groups in total. The molecule has 5 rings (SSSR count). The average Bonchev–Trinajstić information content (AvgIpc) is 3.01. The van der Waals surface area contributed by atoms with E-state index in [2.05, 4.69) is 6.92 Å². The zero-order valence-electron chi connectivity index (χ0n) is 25.6. The van der Waals surface area contributed by atoms with Crippen LogP contribution in [0.25, 0.3) is 11.1 Å². The second kappa shape index (κ2) is 14.2. The van der Waals surface area contributed by atoms with E-state index in [1.54, 1.807) is 6.07 Å². The first-order valence-corrected chi connectivity index (χ1v) is 16.3. The highest BCUT2D eigenvalue weighted by atomic mass is 19.4. The Labute approximate surface area is 261 Å². The molecule has 2 aliphatic carbocycles. The van der Waals surface area contributed by atoms with Crippen LogP contribution in [0, 0.1) is 23.5 Å². The molecule has 0 saturated heterocycles. The van der Waals surface area contributed by atoms with E-state index in [4.69, 9.17) is 4.74 Å². The van der Waals surface area contributed by atoms with Crippen molar-refractivity contribution in [3.05, 3.63) is 89.0 Å². The van der Waals surface area contributed by atoms with Crippen molar-refractivity contribution in [1.82, 2.24) is 0 Å². The number of hydrogen-bond donors (Lipinski definition) is 0. The molecule has 45 heavy (non-hydrogen) atoms.